The molecule has 1 aromatic rings. The van der Waals surface area contributed by atoms with Crippen LogP contribution in [0, 0.1) is 0 Å². The average molecular weight is 274 g/mol. The molecule has 0 radical (unpaired) electrons. The molecule has 0 amide bonds. The number of rotatable bonds is 5. The highest BCUT2D eigenvalue weighted by atomic mass is 32.2. The van der Waals surface area contributed by atoms with Crippen LogP contribution in [0.5, 0.6) is 0 Å². The highest BCUT2D eigenvalue weighted by Crippen LogP contribution is 2.24. The zero-order chi connectivity index (χ0) is 13.5. The van der Waals surface area contributed by atoms with E-state index in [-0.39, 0.29) is 0 Å². The Kier molecular flexibility index (Phi) is 5.71. The second kappa shape index (κ2) is 7.54. The molecular formula is C17H22OS. The van der Waals surface area contributed by atoms with E-state index in [0.717, 1.165) is 36.8 Å². The quantitative estimate of drug-likeness (QED) is 0.422. The third-order valence-corrected chi connectivity index (χ3v) is 4.54. The molecule has 19 heavy (non-hydrogen) atoms. The summed E-state index contributed by atoms with van der Waals surface area (Å²) in [6.07, 6.45) is 8.49. The molecule has 102 valence electrons. The molecule has 0 N–H and O–H groups in total. The van der Waals surface area contributed by atoms with Gasteiger partial charge in [0.1, 0.15) is 0 Å². The zero-order valence-corrected chi connectivity index (χ0v) is 12.5. The number of thioether (sulfide) groups is 1. The number of unbranched alkanes of at least 4 members (excludes halogenated alkanes) is 1. The minimum absolute atomic E-state index is 0.340. The third-order valence-electron chi connectivity index (χ3n) is 3.45. The van der Waals surface area contributed by atoms with E-state index in [1.165, 1.54) is 23.5 Å². The highest BCUT2D eigenvalue weighted by Gasteiger charge is 2.14. The van der Waals surface area contributed by atoms with Crippen molar-refractivity contribution in [2.45, 2.75) is 50.3 Å². The fourth-order valence-electron chi connectivity index (χ4n) is 2.25. The normalized spacial score (nSPS) is 17.9. The van der Waals surface area contributed by atoms with Crippen molar-refractivity contribution in [3.63, 3.8) is 0 Å². The molecule has 0 aliphatic heterocycles. The molecule has 1 aliphatic carbocycles. The van der Waals surface area contributed by atoms with E-state index in [1.807, 2.05) is 11.8 Å². The highest BCUT2D eigenvalue weighted by molar-refractivity contribution is 7.99. The Morgan fingerprint density at radius 2 is 1.89 bits per heavy atom. The maximum atomic E-state index is 11.8. The van der Waals surface area contributed by atoms with E-state index in [2.05, 4.69) is 37.3 Å². The first kappa shape index (κ1) is 14.4. The minimum atomic E-state index is 0.340. The van der Waals surface area contributed by atoms with Crippen LogP contribution in [0.15, 0.2) is 34.7 Å². The van der Waals surface area contributed by atoms with Gasteiger partial charge in [-0.25, -0.2) is 0 Å². The zero-order valence-electron chi connectivity index (χ0n) is 11.7. The number of benzene rings is 1. The van der Waals surface area contributed by atoms with Crippen LogP contribution in [0.2, 0.25) is 0 Å². The lowest BCUT2D eigenvalue weighted by molar-refractivity contribution is -0.116. The second-order valence-corrected chi connectivity index (χ2v) is 6.24. The number of ketones is 1. The Hall–Kier alpha value is -1.02. The summed E-state index contributed by atoms with van der Waals surface area (Å²) in [5.41, 5.74) is 2.17. The summed E-state index contributed by atoms with van der Waals surface area (Å²) in [6, 6.07) is 8.59. The van der Waals surface area contributed by atoms with Gasteiger partial charge in [0.25, 0.3) is 0 Å². The molecule has 0 heterocycles. The predicted octanol–water partition coefficient (Wildman–Crippen LogP) is 5.11. The first-order valence-electron chi connectivity index (χ1n) is 7.26. The fourth-order valence-corrected chi connectivity index (χ4v) is 3.25. The maximum absolute atomic E-state index is 11.8. The van der Waals surface area contributed by atoms with Crippen molar-refractivity contribution in [2.75, 3.05) is 5.75 Å². The van der Waals surface area contributed by atoms with E-state index < -0.39 is 0 Å². The molecule has 0 aromatic heterocycles. The topological polar surface area (TPSA) is 17.1 Å². The standard InChI is InChI=1S/C17H22OS/c1-2-3-12-19-16-10-8-14(9-11-16)13-15-6-4-5-7-17(15)18/h8-11,13H,2-7,12H2,1H3. The summed E-state index contributed by atoms with van der Waals surface area (Å²) < 4.78 is 0. The molecular weight excluding hydrogens is 252 g/mol. The molecule has 0 saturated heterocycles. The Labute approximate surface area is 120 Å². The van der Waals surface area contributed by atoms with Crippen LogP contribution in [0.3, 0.4) is 0 Å². The maximum Gasteiger partial charge on any atom is 0.158 e. The lowest BCUT2D eigenvalue weighted by Gasteiger charge is -2.12. The van der Waals surface area contributed by atoms with Gasteiger partial charge in [0.05, 0.1) is 0 Å². The van der Waals surface area contributed by atoms with Crippen LogP contribution in [-0.2, 0) is 4.79 Å². The van der Waals surface area contributed by atoms with Crippen molar-refractivity contribution in [2.24, 2.45) is 0 Å². The molecule has 1 aliphatic rings. The summed E-state index contributed by atoms with van der Waals surface area (Å²) >= 11 is 1.91. The summed E-state index contributed by atoms with van der Waals surface area (Å²) in [4.78, 5) is 13.1. The van der Waals surface area contributed by atoms with Gasteiger partial charge in [-0.3, -0.25) is 4.79 Å². The van der Waals surface area contributed by atoms with Gasteiger partial charge in [-0.2, -0.15) is 0 Å². The molecule has 0 spiro atoms. The van der Waals surface area contributed by atoms with E-state index in [4.69, 9.17) is 0 Å². The molecule has 1 saturated carbocycles. The Morgan fingerprint density at radius 1 is 1.16 bits per heavy atom. The van der Waals surface area contributed by atoms with E-state index in [9.17, 15) is 4.79 Å². The van der Waals surface area contributed by atoms with E-state index in [1.54, 1.807) is 0 Å². The number of carbonyl (C=O) groups is 1. The van der Waals surface area contributed by atoms with E-state index in [0.29, 0.717) is 5.78 Å². The average Bonchev–Trinajstić information content (AvgIpc) is 2.44. The van der Waals surface area contributed by atoms with Gasteiger partial charge in [0.2, 0.25) is 0 Å². The minimum Gasteiger partial charge on any atom is -0.295 e. The van der Waals surface area contributed by atoms with Gasteiger partial charge in [0, 0.05) is 11.3 Å². The number of Topliss-reactive ketones (excluding diaryl/α,β-unsaturated/α-hetero) is 1. The summed E-state index contributed by atoms with van der Waals surface area (Å²) in [5.74, 6) is 1.53. The smallest absolute Gasteiger partial charge is 0.158 e. The van der Waals surface area contributed by atoms with Crippen molar-refractivity contribution in [1.29, 1.82) is 0 Å². The lowest BCUT2D eigenvalue weighted by Crippen LogP contribution is -2.07. The largest absolute Gasteiger partial charge is 0.295 e. The van der Waals surface area contributed by atoms with Crippen molar-refractivity contribution < 1.29 is 4.79 Å². The van der Waals surface area contributed by atoms with Gasteiger partial charge < -0.3 is 0 Å². The Balaban J connectivity index is 1.97. The van der Waals surface area contributed by atoms with Crippen LogP contribution >= 0.6 is 11.8 Å². The van der Waals surface area contributed by atoms with Crippen molar-refractivity contribution in [3.8, 4) is 0 Å². The first-order chi connectivity index (χ1) is 9.29. The number of carbonyl (C=O) groups excluding carboxylic acids is 1. The van der Waals surface area contributed by atoms with Crippen molar-refractivity contribution in [3.05, 3.63) is 35.4 Å². The number of hydrogen-bond acceptors (Lipinski definition) is 2. The number of allylic oxidation sites excluding steroid dienone is 1. The van der Waals surface area contributed by atoms with E-state index >= 15 is 0 Å². The Morgan fingerprint density at radius 3 is 2.58 bits per heavy atom. The van der Waals surface area contributed by atoms with Crippen LogP contribution in [-0.4, -0.2) is 11.5 Å². The molecule has 2 rings (SSSR count). The molecule has 0 bridgehead atoms. The predicted molar refractivity (Wildman–Crippen MR) is 83.5 cm³/mol. The molecule has 1 fully saturated rings. The van der Waals surface area contributed by atoms with Gasteiger partial charge in [-0.05, 0) is 60.8 Å². The third kappa shape index (κ3) is 4.54. The Bertz CT molecular complexity index is 445. The van der Waals surface area contributed by atoms with Gasteiger partial charge in [-0.15, -0.1) is 11.8 Å². The van der Waals surface area contributed by atoms with Gasteiger partial charge in [0.15, 0.2) is 5.78 Å². The van der Waals surface area contributed by atoms with Crippen molar-refractivity contribution in [1.82, 2.24) is 0 Å². The number of hydrogen-bond donors (Lipinski definition) is 0. The first-order valence-corrected chi connectivity index (χ1v) is 8.25. The lowest BCUT2D eigenvalue weighted by atomic mass is 9.92. The van der Waals surface area contributed by atoms with Crippen LogP contribution in [0.25, 0.3) is 6.08 Å². The van der Waals surface area contributed by atoms with Crippen LogP contribution < -0.4 is 0 Å². The summed E-state index contributed by atoms with van der Waals surface area (Å²) in [6.45, 7) is 2.22. The SMILES string of the molecule is CCCCSc1ccc(C=C2CCCCC2=O)cc1. The van der Waals surface area contributed by atoms with Crippen LogP contribution in [0.1, 0.15) is 51.0 Å². The molecule has 0 unspecified atom stereocenters. The van der Waals surface area contributed by atoms with Crippen molar-refractivity contribution >= 4 is 23.6 Å². The molecule has 1 nitrogen and oxygen atoms in total. The summed E-state index contributed by atoms with van der Waals surface area (Å²) in [7, 11) is 0. The monoisotopic (exact) mass is 274 g/mol. The van der Waals surface area contributed by atoms with Gasteiger partial charge in [-0.1, -0.05) is 25.5 Å². The second-order valence-electron chi connectivity index (χ2n) is 5.07. The summed E-state index contributed by atoms with van der Waals surface area (Å²) in [5, 5.41) is 0. The molecule has 0 atom stereocenters. The molecule has 2 heteroatoms. The molecule has 1 aromatic carbocycles. The fraction of sp³-hybridized carbons (Fsp3) is 0.471. The van der Waals surface area contributed by atoms with Crippen LogP contribution in [0.4, 0.5) is 0 Å². The van der Waals surface area contributed by atoms with Gasteiger partial charge >= 0.3 is 0 Å².